The lowest BCUT2D eigenvalue weighted by atomic mass is 10.0. The SMILES string of the molecule is C[C@@H]1C[C@H]1C(=O)N1CCO[C@@H](c2ccccc2C(F)(F)F)C1. The molecule has 2 fully saturated rings. The lowest BCUT2D eigenvalue weighted by Crippen LogP contribution is -2.43. The predicted octanol–water partition coefficient (Wildman–Crippen LogP) is 3.26. The number of ether oxygens (including phenoxy) is 1. The van der Waals surface area contributed by atoms with Gasteiger partial charge in [0.05, 0.1) is 18.7 Å². The fourth-order valence-electron chi connectivity index (χ4n) is 2.97. The molecule has 3 nitrogen and oxygen atoms in total. The lowest BCUT2D eigenvalue weighted by molar-refractivity contribution is -0.144. The first-order chi connectivity index (χ1) is 10.4. The molecule has 3 atom stereocenters. The Kier molecular flexibility index (Phi) is 3.89. The van der Waals surface area contributed by atoms with Crippen molar-refractivity contribution in [2.75, 3.05) is 19.7 Å². The summed E-state index contributed by atoms with van der Waals surface area (Å²) >= 11 is 0. The highest BCUT2D eigenvalue weighted by atomic mass is 19.4. The molecule has 0 bridgehead atoms. The van der Waals surface area contributed by atoms with Gasteiger partial charge in [-0.15, -0.1) is 0 Å². The van der Waals surface area contributed by atoms with E-state index in [1.54, 1.807) is 11.0 Å². The van der Waals surface area contributed by atoms with Crippen LogP contribution in [0, 0.1) is 11.8 Å². The van der Waals surface area contributed by atoms with Crippen molar-refractivity contribution in [3.63, 3.8) is 0 Å². The second kappa shape index (κ2) is 5.57. The number of benzene rings is 1. The summed E-state index contributed by atoms with van der Waals surface area (Å²) in [7, 11) is 0. The molecular formula is C16H18F3NO2. The zero-order valence-electron chi connectivity index (χ0n) is 12.3. The summed E-state index contributed by atoms with van der Waals surface area (Å²) < 4.78 is 44.9. The maximum atomic E-state index is 13.1. The average molecular weight is 313 g/mol. The number of amides is 1. The molecular weight excluding hydrogens is 295 g/mol. The Morgan fingerprint density at radius 3 is 2.64 bits per heavy atom. The number of halogens is 3. The molecule has 0 unspecified atom stereocenters. The quantitative estimate of drug-likeness (QED) is 0.839. The number of hydrogen-bond acceptors (Lipinski definition) is 2. The number of morpholine rings is 1. The largest absolute Gasteiger partial charge is 0.416 e. The van der Waals surface area contributed by atoms with Crippen molar-refractivity contribution in [1.29, 1.82) is 0 Å². The molecule has 1 aliphatic heterocycles. The van der Waals surface area contributed by atoms with E-state index in [2.05, 4.69) is 0 Å². The minimum Gasteiger partial charge on any atom is -0.370 e. The van der Waals surface area contributed by atoms with Crippen molar-refractivity contribution in [2.24, 2.45) is 11.8 Å². The smallest absolute Gasteiger partial charge is 0.370 e. The summed E-state index contributed by atoms with van der Waals surface area (Å²) in [5.41, 5.74) is -0.578. The number of alkyl halides is 3. The Bertz CT molecular complexity index is 573. The third kappa shape index (κ3) is 2.97. The van der Waals surface area contributed by atoms with Crippen LogP contribution in [0.5, 0.6) is 0 Å². The van der Waals surface area contributed by atoms with Crippen molar-refractivity contribution >= 4 is 5.91 Å². The second-order valence-electron chi connectivity index (χ2n) is 6.05. The van der Waals surface area contributed by atoms with Gasteiger partial charge in [-0.1, -0.05) is 25.1 Å². The first kappa shape index (κ1) is 15.3. The van der Waals surface area contributed by atoms with Crippen LogP contribution < -0.4 is 0 Å². The van der Waals surface area contributed by atoms with Crippen LogP contribution in [-0.2, 0) is 15.7 Å². The zero-order valence-corrected chi connectivity index (χ0v) is 12.3. The minimum atomic E-state index is -4.42. The summed E-state index contributed by atoms with van der Waals surface area (Å²) in [5.74, 6) is 0.471. The molecule has 1 saturated carbocycles. The molecule has 1 amide bonds. The van der Waals surface area contributed by atoms with E-state index in [-0.39, 0.29) is 30.5 Å². The van der Waals surface area contributed by atoms with Gasteiger partial charge in [0, 0.05) is 12.5 Å². The molecule has 0 N–H and O–H groups in total. The van der Waals surface area contributed by atoms with Gasteiger partial charge in [0.1, 0.15) is 6.10 Å². The summed E-state index contributed by atoms with van der Waals surface area (Å²) in [6, 6.07) is 5.42. The van der Waals surface area contributed by atoms with Crippen LogP contribution >= 0.6 is 0 Å². The Balaban J connectivity index is 1.79. The van der Waals surface area contributed by atoms with Crippen LogP contribution in [0.1, 0.15) is 30.6 Å². The summed E-state index contributed by atoms with van der Waals surface area (Å²) in [5, 5.41) is 0. The predicted molar refractivity (Wildman–Crippen MR) is 74.0 cm³/mol. The first-order valence-corrected chi connectivity index (χ1v) is 7.44. The van der Waals surface area contributed by atoms with E-state index in [0.717, 1.165) is 12.5 Å². The second-order valence-corrected chi connectivity index (χ2v) is 6.05. The fraction of sp³-hybridized carbons (Fsp3) is 0.562. The van der Waals surface area contributed by atoms with Crippen LogP contribution in [0.4, 0.5) is 13.2 Å². The van der Waals surface area contributed by atoms with Crippen LogP contribution in [0.25, 0.3) is 0 Å². The van der Waals surface area contributed by atoms with Gasteiger partial charge in [0.25, 0.3) is 0 Å². The van der Waals surface area contributed by atoms with E-state index >= 15 is 0 Å². The molecule has 2 aliphatic rings. The first-order valence-electron chi connectivity index (χ1n) is 7.44. The van der Waals surface area contributed by atoms with Gasteiger partial charge in [-0.3, -0.25) is 4.79 Å². The maximum absolute atomic E-state index is 13.1. The van der Waals surface area contributed by atoms with Crippen molar-refractivity contribution in [3.8, 4) is 0 Å². The minimum absolute atomic E-state index is 0.0385. The molecule has 1 heterocycles. The van der Waals surface area contributed by atoms with E-state index < -0.39 is 17.8 Å². The van der Waals surface area contributed by atoms with Crippen molar-refractivity contribution in [2.45, 2.75) is 25.6 Å². The topological polar surface area (TPSA) is 29.5 Å². The van der Waals surface area contributed by atoms with E-state index in [0.29, 0.717) is 12.5 Å². The van der Waals surface area contributed by atoms with E-state index in [4.69, 9.17) is 4.74 Å². The Hall–Kier alpha value is -1.56. The number of hydrogen-bond donors (Lipinski definition) is 0. The molecule has 6 heteroatoms. The van der Waals surface area contributed by atoms with E-state index in [1.807, 2.05) is 6.92 Å². The molecule has 1 aliphatic carbocycles. The van der Waals surface area contributed by atoms with Gasteiger partial charge in [0.2, 0.25) is 5.91 Å². The van der Waals surface area contributed by atoms with E-state index in [1.165, 1.54) is 12.1 Å². The normalized spacial score (nSPS) is 28.5. The van der Waals surface area contributed by atoms with Crippen LogP contribution in [0.2, 0.25) is 0 Å². The van der Waals surface area contributed by atoms with E-state index in [9.17, 15) is 18.0 Å². The maximum Gasteiger partial charge on any atom is 0.416 e. The lowest BCUT2D eigenvalue weighted by Gasteiger charge is -2.34. The monoisotopic (exact) mass is 313 g/mol. The molecule has 120 valence electrons. The molecule has 22 heavy (non-hydrogen) atoms. The summed E-state index contributed by atoms with van der Waals surface area (Å²) in [6.45, 7) is 2.92. The fourth-order valence-corrected chi connectivity index (χ4v) is 2.97. The Morgan fingerprint density at radius 2 is 2.00 bits per heavy atom. The third-order valence-electron chi connectivity index (χ3n) is 4.42. The van der Waals surface area contributed by atoms with Gasteiger partial charge < -0.3 is 9.64 Å². The molecule has 3 rings (SSSR count). The molecule has 0 aromatic heterocycles. The Labute approximate surface area is 127 Å². The summed E-state index contributed by atoms with van der Waals surface area (Å²) in [4.78, 5) is 13.9. The van der Waals surface area contributed by atoms with Crippen molar-refractivity contribution in [3.05, 3.63) is 35.4 Å². The zero-order chi connectivity index (χ0) is 15.9. The average Bonchev–Trinajstić information content (AvgIpc) is 3.23. The van der Waals surface area contributed by atoms with Crippen molar-refractivity contribution in [1.82, 2.24) is 4.90 Å². The highest BCUT2D eigenvalue weighted by Gasteiger charge is 2.43. The molecule has 0 spiro atoms. The third-order valence-corrected chi connectivity index (χ3v) is 4.42. The van der Waals surface area contributed by atoms with Gasteiger partial charge in [-0.05, 0) is 24.0 Å². The molecule has 0 radical (unpaired) electrons. The van der Waals surface area contributed by atoms with Crippen LogP contribution in [0.15, 0.2) is 24.3 Å². The molecule has 1 aromatic rings. The van der Waals surface area contributed by atoms with Crippen molar-refractivity contribution < 1.29 is 22.7 Å². The number of rotatable bonds is 2. The summed E-state index contributed by atoms with van der Waals surface area (Å²) in [6.07, 6.45) is -4.26. The number of nitrogens with zero attached hydrogens (tertiary/aromatic N) is 1. The van der Waals surface area contributed by atoms with Gasteiger partial charge in [-0.25, -0.2) is 0 Å². The van der Waals surface area contributed by atoms with Gasteiger partial charge >= 0.3 is 6.18 Å². The van der Waals surface area contributed by atoms with Crippen LogP contribution in [0.3, 0.4) is 0 Å². The number of carbonyl (C=O) groups excluding carboxylic acids is 1. The number of carbonyl (C=O) groups is 1. The van der Waals surface area contributed by atoms with Crippen LogP contribution in [-0.4, -0.2) is 30.5 Å². The van der Waals surface area contributed by atoms with Gasteiger partial charge in [-0.2, -0.15) is 13.2 Å². The van der Waals surface area contributed by atoms with Gasteiger partial charge in [0.15, 0.2) is 0 Å². The highest BCUT2D eigenvalue weighted by molar-refractivity contribution is 5.81. The Morgan fingerprint density at radius 1 is 1.32 bits per heavy atom. The molecule has 1 saturated heterocycles. The highest BCUT2D eigenvalue weighted by Crippen LogP contribution is 2.41. The standard InChI is InChI=1S/C16H18F3NO2/c1-10-8-12(10)15(21)20-6-7-22-14(9-20)11-4-2-3-5-13(11)16(17,18)19/h2-5,10,12,14H,6-9H2,1H3/t10-,12-,14-/m1/s1. The molecule has 1 aromatic carbocycles.